The second-order valence-electron chi connectivity index (χ2n) is 3.66. The predicted molar refractivity (Wildman–Crippen MR) is 63.1 cm³/mol. The van der Waals surface area contributed by atoms with Crippen molar-refractivity contribution in [2.45, 2.75) is 13.5 Å². The topological polar surface area (TPSA) is 57.0 Å². The largest absolute Gasteiger partial charge is 0.497 e. The van der Waals surface area contributed by atoms with Crippen LogP contribution < -0.4 is 10.4 Å². The minimum Gasteiger partial charge on any atom is -0.497 e. The van der Waals surface area contributed by atoms with Crippen molar-refractivity contribution in [2.75, 3.05) is 7.11 Å². The van der Waals surface area contributed by atoms with Gasteiger partial charge >= 0.3 is 5.69 Å². The molecule has 0 unspecified atom stereocenters. The van der Waals surface area contributed by atoms with Gasteiger partial charge < -0.3 is 4.74 Å². The van der Waals surface area contributed by atoms with Crippen LogP contribution in [-0.2, 0) is 6.54 Å². The van der Waals surface area contributed by atoms with Crippen LogP contribution in [0.5, 0.6) is 5.75 Å². The molecule has 1 aromatic heterocycles. The maximum atomic E-state index is 11.6. The van der Waals surface area contributed by atoms with E-state index in [1.54, 1.807) is 14.0 Å². The van der Waals surface area contributed by atoms with Gasteiger partial charge in [-0.05, 0) is 24.6 Å². The van der Waals surface area contributed by atoms with Crippen LogP contribution in [0.15, 0.2) is 35.4 Å². The first-order chi connectivity index (χ1) is 8.19. The molecule has 0 spiro atoms. The van der Waals surface area contributed by atoms with Crippen LogP contribution in [0.4, 0.5) is 0 Å². The number of aryl methyl sites for hydroxylation is 1. The molecule has 0 atom stereocenters. The summed E-state index contributed by atoms with van der Waals surface area (Å²) in [6, 6.07) is 7.53. The summed E-state index contributed by atoms with van der Waals surface area (Å²) in [5.41, 5.74) is 0.716. The highest BCUT2D eigenvalue weighted by Crippen LogP contribution is 2.11. The average molecular weight is 231 g/mol. The van der Waals surface area contributed by atoms with Crippen LogP contribution in [0.3, 0.4) is 0 Å². The second-order valence-corrected chi connectivity index (χ2v) is 3.66. The molecule has 5 heteroatoms. The first-order valence-corrected chi connectivity index (χ1v) is 5.22. The standard InChI is InChI=1S/C12H13N3O2/c1-9-13-8-15(12(16)14-9)7-10-3-5-11(17-2)6-4-10/h3-6,8H,7H2,1-2H3. The van der Waals surface area contributed by atoms with E-state index in [0.717, 1.165) is 11.3 Å². The van der Waals surface area contributed by atoms with E-state index >= 15 is 0 Å². The van der Waals surface area contributed by atoms with Gasteiger partial charge in [-0.15, -0.1) is 0 Å². The molecule has 2 rings (SSSR count). The Labute approximate surface area is 98.7 Å². The van der Waals surface area contributed by atoms with Gasteiger partial charge in [-0.3, -0.25) is 4.57 Å². The highest BCUT2D eigenvalue weighted by Gasteiger charge is 2.00. The first-order valence-electron chi connectivity index (χ1n) is 5.22. The number of nitrogens with zero attached hydrogens (tertiary/aromatic N) is 3. The fraction of sp³-hybridized carbons (Fsp3) is 0.250. The maximum absolute atomic E-state index is 11.6. The molecule has 0 radical (unpaired) electrons. The molecule has 5 nitrogen and oxygen atoms in total. The van der Waals surface area contributed by atoms with Crippen molar-refractivity contribution in [1.29, 1.82) is 0 Å². The number of hydrogen-bond donors (Lipinski definition) is 0. The summed E-state index contributed by atoms with van der Waals surface area (Å²) in [4.78, 5) is 19.3. The van der Waals surface area contributed by atoms with E-state index in [-0.39, 0.29) is 5.69 Å². The minimum absolute atomic E-state index is 0.284. The molecule has 2 aromatic rings. The van der Waals surface area contributed by atoms with Crippen molar-refractivity contribution < 1.29 is 4.74 Å². The van der Waals surface area contributed by atoms with Gasteiger partial charge in [0.1, 0.15) is 17.9 Å². The SMILES string of the molecule is COc1ccc(Cn2cnc(C)nc2=O)cc1. The molecule has 0 bridgehead atoms. The Kier molecular flexibility index (Phi) is 3.18. The van der Waals surface area contributed by atoms with E-state index in [1.165, 1.54) is 10.9 Å². The van der Waals surface area contributed by atoms with Crippen LogP contribution >= 0.6 is 0 Å². The van der Waals surface area contributed by atoms with Gasteiger partial charge in [-0.25, -0.2) is 9.78 Å². The van der Waals surface area contributed by atoms with Crippen molar-refractivity contribution >= 4 is 0 Å². The summed E-state index contributed by atoms with van der Waals surface area (Å²) in [7, 11) is 1.62. The van der Waals surface area contributed by atoms with Crippen molar-refractivity contribution in [3.63, 3.8) is 0 Å². The third-order valence-corrected chi connectivity index (χ3v) is 2.40. The number of hydrogen-bond acceptors (Lipinski definition) is 4. The normalized spacial score (nSPS) is 10.2. The lowest BCUT2D eigenvalue weighted by atomic mass is 10.2. The van der Waals surface area contributed by atoms with Gasteiger partial charge in [0.05, 0.1) is 13.7 Å². The Morgan fingerprint density at radius 2 is 2.00 bits per heavy atom. The van der Waals surface area contributed by atoms with Crippen molar-refractivity contribution in [2.24, 2.45) is 0 Å². The van der Waals surface area contributed by atoms with Crippen LogP contribution in [0.25, 0.3) is 0 Å². The molecular weight excluding hydrogens is 218 g/mol. The van der Waals surface area contributed by atoms with Gasteiger partial charge in [0.25, 0.3) is 0 Å². The molecule has 0 N–H and O–H groups in total. The summed E-state index contributed by atoms with van der Waals surface area (Å²) in [6.07, 6.45) is 1.51. The zero-order chi connectivity index (χ0) is 12.3. The molecule has 0 saturated carbocycles. The van der Waals surface area contributed by atoms with E-state index in [0.29, 0.717) is 12.4 Å². The van der Waals surface area contributed by atoms with Crippen molar-refractivity contribution in [3.8, 4) is 5.75 Å². The Morgan fingerprint density at radius 3 is 2.59 bits per heavy atom. The number of benzene rings is 1. The minimum atomic E-state index is -0.284. The number of methoxy groups -OCH3 is 1. The highest BCUT2D eigenvalue weighted by atomic mass is 16.5. The number of rotatable bonds is 3. The molecular formula is C12H13N3O2. The van der Waals surface area contributed by atoms with E-state index in [4.69, 9.17) is 4.74 Å². The Morgan fingerprint density at radius 1 is 1.29 bits per heavy atom. The molecule has 0 fully saturated rings. The van der Waals surface area contributed by atoms with Crippen LogP contribution in [0, 0.1) is 6.92 Å². The highest BCUT2D eigenvalue weighted by molar-refractivity contribution is 5.27. The lowest BCUT2D eigenvalue weighted by Gasteiger charge is -2.05. The molecule has 17 heavy (non-hydrogen) atoms. The van der Waals surface area contributed by atoms with E-state index in [2.05, 4.69) is 9.97 Å². The van der Waals surface area contributed by atoms with Crippen LogP contribution in [0.1, 0.15) is 11.4 Å². The first kappa shape index (κ1) is 11.3. The average Bonchev–Trinajstić information content (AvgIpc) is 2.34. The van der Waals surface area contributed by atoms with Gasteiger partial charge in [-0.1, -0.05) is 12.1 Å². The monoisotopic (exact) mass is 231 g/mol. The zero-order valence-corrected chi connectivity index (χ0v) is 9.75. The molecule has 88 valence electrons. The Bertz CT molecular complexity index is 561. The molecule has 1 aromatic carbocycles. The quantitative estimate of drug-likeness (QED) is 0.790. The van der Waals surface area contributed by atoms with Crippen molar-refractivity contribution in [3.05, 3.63) is 52.5 Å². The predicted octanol–water partition coefficient (Wildman–Crippen LogP) is 1.00. The third-order valence-electron chi connectivity index (χ3n) is 2.40. The van der Waals surface area contributed by atoms with E-state index in [9.17, 15) is 4.79 Å². The van der Waals surface area contributed by atoms with E-state index in [1.807, 2.05) is 24.3 Å². The fourth-order valence-electron chi connectivity index (χ4n) is 1.47. The molecule has 0 aliphatic rings. The Balaban J connectivity index is 2.22. The summed E-state index contributed by atoms with van der Waals surface area (Å²) in [5, 5.41) is 0. The van der Waals surface area contributed by atoms with Crippen LogP contribution in [0.2, 0.25) is 0 Å². The number of aromatic nitrogens is 3. The van der Waals surface area contributed by atoms with Crippen molar-refractivity contribution in [1.82, 2.24) is 14.5 Å². The molecule has 1 heterocycles. The summed E-state index contributed by atoms with van der Waals surface area (Å²) in [6.45, 7) is 2.15. The molecule has 0 amide bonds. The van der Waals surface area contributed by atoms with Gasteiger partial charge in [-0.2, -0.15) is 4.98 Å². The van der Waals surface area contributed by atoms with Crippen LogP contribution in [-0.4, -0.2) is 21.6 Å². The number of ether oxygens (including phenoxy) is 1. The summed E-state index contributed by atoms with van der Waals surface area (Å²) < 4.78 is 6.53. The zero-order valence-electron chi connectivity index (χ0n) is 9.75. The fourth-order valence-corrected chi connectivity index (χ4v) is 1.47. The second kappa shape index (κ2) is 4.78. The van der Waals surface area contributed by atoms with Gasteiger partial charge in [0, 0.05) is 0 Å². The Hall–Kier alpha value is -2.17. The van der Waals surface area contributed by atoms with Gasteiger partial charge in [0.2, 0.25) is 0 Å². The smallest absolute Gasteiger partial charge is 0.350 e. The maximum Gasteiger partial charge on any atom is 0.350 e. The molecule has 0 aliphatic carbocycles. The van der Waals surface area contributed by atoms with E-state index < -0.39 is 0 Å². The van der Waals surface area contributed by atoms with Gasteiger partial charge in [0.15, 0.2) is 0 Å². The summed E-state index contributed by atoms with van der Waals surface area (Å²) in [5.74, 6) is 1.28. The molecule has 0 aliphatic heterocycles. The lowest BCUT2D eigenvalue weighted by molar-refractivity contribution is 0.414. The summed E-state index contributed by atoms with van der Waals surface area (Å²) >= 11 is 0. The third kappa shape index (κ3) is 2.69. The lowest BCUT2D eigenvalue weighted by Crippen LogP contribution is -2.24. The molecule has 0 saturated heterocycles.